The summed E-state index contributed by atoms with van der Waals surface area (Å²) in [4.78, 5) is 16.7. The number of fused-ring (bicyclic) bond motifs is 1. The van der Waals surface area contributed by atoms with E-state index in [1.54, 1.807) is 32.9 Å². The van der Waals surface area contributed by atoms with Crippen molar-refractivity contribution in [3.63, 3.8) is 0 Å². The predicted molar refractivity (Wildman–Crippen MR) is 112 cm³/mol. The number of aromatic nitrogens is 2. The van der Waals surface area contributed by atoms with Gasteiger partial charge < -0.3 is 0 Å². The summed E-state index contributed by atoms with van der Waals surface area (Å²) in [5.41, 5.74) is 0.402. The fourth-order valence-corrected chi connectivity index (χ4v) is 5.99. The van der Waals surface area contributed by atoms with E-state index in [0.717, 1.165) is 21.5 Å². The molecule has 0 saturated heterocycles. The van der Waals surface area contributed by atoms with Gasteiger partial charge in [0, 0.05) is 10.6 Å². The van der Waals surface area contributed by atoms with Gasteiger partial charge in [0.2, 0.25) is 0 Å². The highest BCUT2D eigenvalue weighted by molar-refractivity contribution is 8.01. The lowest BCUT2D eigenvalue weighted by molar-refractivity contribution is -0.109. The average Bonchev–Trinajstić information content (AvgIpc) is 2.99. The van der Waals surface area contributed by atoms with Crippen LogP contribution in [0.2, 0.25) is 0 Å². The summed E-state index contributed by atoms with van der Waals surface area (Å²) in [6, 6.07) is 5.90. The van der Waals surface area contributed by atoms with Gasteiger partial charge in [-0.3, -0.25) is 9.29 Å². The fourth-order valence-electron chi connectivity index (χ4n) is 2.62. The van der Waals surface area contributed by atoms with Crippen molar-refractivity contribution >= 4 is 38.9 Å². The third-order valence-corrected chi connectivity index (χ3v) is 8.33. The van der Waals surface area contributed by atoms with E-state index < -0.39 is 33.8 Å². The molecular weight excluding hydrogens is 478 g/mol. The van der Waals surface area contributed by atoms with Gasteiger partial charge in [-0.25, -0.2) is 22.0 Å². The second-order valence-corrected chi connectivity index (χ2v) is 10.9. The summed E-state index contributed by atoms with van der Waals surface area (Å²) in [6.45, 7) is 4.99. The number of aryl methyl sites for hydroxylation is 2. The lowest BCUT2D eigenvalue weighted by Crippen LogP contribution is -2.29. The Balaban J connectivity index is 2.08. The van der Waals surface area contributed by atoms with E-state index in [1.165, 1.54) is 12.1 Å². The average molecular weight is 496 g/mol. The van der Waals surface area contributed by atoms with Gasteiger partial charge in [0.1, 0.15) is 5.69 Å². The van der Waals surface area contributed by atoms with Crippen LogP contribution in [-0.2, 0) is 10.0 Å². The van der Waals surface area contributed by atoms with Gasteiger partial charge in [-0.15, -0.1) is 23.1 Å². The zero-order valence-electron chi connectivity index (χ0n) is 16.4. The Morgan fingerprint density at radius 1 is 1.19 bits per heavy atom. The van der Waals surface area contributed by atoms with E-state index in [2.05, 4.69) is 9.71 Å². The molecule has 13 heteroatoms. The van der Waals surface area contributed by atoms with Crippen LogP contribution >= 0.6 is 23.1 Å². The number of hydrogen-bond donors (Lipinski definition) is 1. The Hall–Kier alpha value is -2.12. The summed E-state index contributed by atoms with van der Waals surface area (Å²) in [6.07, 6.45) is -3.85. The van der Waals surface area contributed by atoms with Crippen molar-refractivity contribution in [3.8, 4) is 5.69 Å². The molecule has 31 heavy (non-hydrogen) atoms. The van der Waals surface area contributed by atoms with Crippen LogP contribution < -0.4 is 10.4 Å². The first-order chi connectivity index (χ1) is 14.3. The van der Waals surface area contributed by atoms with Crippen LogP contribution in [0.25, 0.3) is 5.69 Å². The van der Waals surface area contributed by atoms with Crippen molar-refractivity contribution in [2.45, 2.75) is 42.2 Å². The molecule has 3 rings (SSSR count). The first-order valence-corrected chi connectivity index (χ1v) is 12.0. The second-order valence-electron chi connectivity index (χ2n) is 6.73. The topological polar surface area (TPSA) is 81.1 Å². The van der Waals surface area contributed by atoms with Gasteiger partial charge in [-0.2, -0.15) is 13.8 Å². The maximum Gasteiger partial charge on any atom is 0.354 e. The van der Waals surface area contributed by atoms with Crippen LogP contribution in [0.5, 0.6) is 0 Å². The van der Waals surface area contributed by atoms with Gasteiger partial charge in [0.25, 0.3) is 10.0 Å². The number of alkyl halides is 4. The number of nitrogens with one attached hydrogen (secondary N) is 1. The number of thioether (sulfide) groups is 1. The Kier molecular flexibility index (Phi) is 6.40. The number of benzene rings is 1. The molecule has 1 N–H and O–H groups in total. The van der Waals surface area contributed by atoms with Crippen molar-refractivity contribution in [1.82, 2.24) is 9.55 Å². The van der Waals surface area contributed by atoms with Crippen molar-refractivity contribution in [1.29, 1.82) is 0 Å². The number of sulfonamides is 1. The van der Waals surface area contributed by atoms with Gasteiger partial charge >= 0.3 is 18.0 Å². The van der Waals surface area contributed by atoms with E-state index in [-0.39, 0.29) is 20.6 Å². The highest BCUT2D eigenvalue weighted by Gasteiger charge is 2.41. The minimum absolute atomic E-state index is 0.0520. The third kappa shape index (κ3) is 4.72. The van der Waals surface area contributed by atoms with Crippen molar-refractivity contribution in [3.05, 3.63) is 50.9 Å². The first-order valence-electron chi connectivity index (χ1n) is 8.74. The molecule has 0 aliphatic carbocycles. The minimum atomic E-state index is -4.25. The van der Waals surface area contributed by atoms with Gasteiger partial charge in [-0.1, -0.05) is 17.7 Å². The molecule has 0 radical (unpaired) electrons. The molecule has 0 unspecified atom stereocenters. The molecule has 1 aromatic carbocycles. The molecule has 0 saturated carbocycles. The Labute approximate surface area is 183 Å². The Morgan fingerprint density at radius 2 is 1.81 bits per heavy atom. The van der Waals surface area contributed by atoms with Crippen LogP contribution in [0.15, 0.2) is 38.2 Å². The van der Waals surface area contributed by atoms with Gasteiger partial charge in [-0.05, 0) is 32.9 Å². The first kappa shape index (κ1) is 23.5. The normalized spacial score (nSPS) is 12.6. The third-order valence-electron chi connectivity index (χ3n) is 4.41. The lowest BCUT2D eigenvalue weighted by Gasteiger charge is -2.18. The summed E-state index contributed by atoms with van der Waals surface area (Å²) >= 11 is 1.40. The molecule has 0 fully saturated rings. The SMILES string of the molecule is Cc1ccc(S(=O)(=O)Nc2nc(=O)n3c(C)c(C)sc(SCC(F)(F)C(F)F)c2-3)cc1. The monoisotopic (exact) mass is 495 g/mol. The number of anilines is 1. The zero-order valence-corrected chi connectivity index (χ0v) is 18.9. The van der Waals surface area contributed by atoms with Crippen LogP contribution in [0.1, 0.15) is 16.1 Å². The zero-order chi connectivity index (χ0) is 23.1. The van der Waals surface area contributed by atoms with Crippen molar-refractivity contribution in [2.24, 2.45) is 0 Å². The smallest absolute Gasteiger partial charge is 0.261 e. The number of halogens is 4. The van der Waals surface area contributed by atoms with Crippen LogP contribution in [0, 0.1) is 20.8 Å². The molecule has 0 aromatic heterocycles. The largest absolute Gasteiger partial charge is 0.354 e. The maximum absolute atomic E-state index is 13.5. The molecular formula is C18H17F4N3O3S3. The highest BCUT2D eigenvalue weighted by atomic mass is 32.2. The highest BCUT2D eigenvalue weighted by Crippen LogP contribution is 2.41. The van der Waals surface area contributed by atoms with Gasteiger partial charge in [0.15, 0.2) is 5.82 Å². The molecule has 2 heterocycles. The standard InChI is InChI=1S/C18H17F4N3O3S3/c1-9-4-6-12(7-5-9)31(27,28)24-14-13-15(29-8-18(21,22)16(19)20)30-11(3)10(2)25(13)17(26)23-14/h4-7,16H,8H2,1-3H3,(H,23,24,26). The second kappa shape index (κ2) is 8.43. The number of imidazole rings is 1. The number of hydrogen-bond acceptors (Lipinski definition) is 6. The summed E-state index contributed by atoms with van der Waals surface area (Å²) < 4.78 is 81.0. The number of rotatable bonds is 7. The van der Waals surface area contributed by atoms with E-state index in [0.29, 0.717) is 22.3 Å². The summed E-state index contributed by atoms with van der Waals surface area (Å²) in [5.74, 6) is -5.86. The van der Waals surface area contributed by atoms with Crippen molar-refractivity contribution in [2.75, 3.05) is 10.5 Å². The van der Waals surface area contributed by atoms with E-state index in [1.807, 2.05) is 0 Å². The Morgan fingerprint density at radius 3 is 2.39 bits per heavy atom. The minimum Gasteiger partial charge on any atom is -0.261 e. The molecule has 2 aliphatic rings. The molecule has 0 atom stereocenters. The van der Waals surface area contributed by atoms with E-state index >= 15 is 0 Å². The molecule has 0 spiro atoms. The van der Waals surface area contributed by atoms with Crippen molar-refractivity contribution < 1.29 is 26.0 Å². The maximum atomic E-state index is 13.5. The summed E-state index contributed by atoms with van der Waals surface area (Å²) in [5, 5.41) is 0. The lowest BCUT2D eigenvalue weighted by atomic mass is 10.2. The molecule has 0 amide bonds. The molecule has 0 bridgehead atoms. The fraction of sp³-hybridized carbons (Fsp3) is 0.333. The Bertz CT molecular complexity index is 1240. The molecule has 2 aliphatic heterocycles. The molecule has 168 valence electrons. The number of nitrogens with zero attached hydrogens (tertiary/aromatic N) is 2. The van der Waals surface area contributed by atoms with Gasteiger partial charge in [0.05, 0.1) is 14.9 Å². The van der Waals surface area contributed by atoms with E-state index in [4.69, 9.17) is 0 Å². The van der Waals surface area contributed by atoms with Crippen LogP contribution in [-0.4, -0.2) is 36.1 Å². The predicted octanol–water partition coefficient (Wildman–Crippen LogP) is 4.45. The molecule has 1 aromatic rings. The molecule has 6 nitrogen and oxygen atoms in total. The van der Waals surface area contributed by atoms with Crippen LogP contribution in [0.4, 0.5) is 23.4 Å². The van der Waals surface area contributed by atoms with E-state index in [9.17, 15) is 30.8 Å². The quantitative estimate of drug-likeness (QED) is 0.387. The summed E-state index contributed by atoms with van der Waals surface area (Å²) in [7, 11) is -4.14. The van der Waals surface area contributed by atoms with Crippen LogP contribution in [0.3, 0.4) is 0 Å².